The summed E-state index contributed by atoms with van der Waals surface area (Å²) < 4.78 is 5.89. The number of carbonyl (C=O) groups excluding carboxylic acids is 2. The van der Waals surface area contributed by atoms with Crippen LogP contribution in [0.5, 0.6) is 0 Å². The summed E-state index contributed by atoms with van der Waals surface area (Å²) in [4.78, 5) is 26.0. The summed E-state index contributed by atoms with van der Waals surface area (Å²) in [6.07, 6.45) is 3.75. The monoisotopic (exact) mass is 293 g/mol. The van der Waals surface area contributed by atoms with Gasteiger partial charge in [-0.25, -0.2) is 0 Å². The number of esters is 1. The van der Waals surface area contributed by atoms with Gasteiger partial charge in [-0.15, -0.1) is 0 Å². The van der Waals surface area contributed by atoms with E-state index in [1.807, 2.05) is 6.92 Å². The van der Waals surface area contributed by atoms with E-state index in [-0.39, 0.29) is 34.7 Å². The minimum Gasteiger partial charge on any atom is -0.461 e. The fraction of sp³-hybridized carbons (Fsp3) is 0.882. The molecule has 1 saturated heterocycles. The number of carbonyl (C=O) groups is 2. The van der Waals surface area contributed by atoms with Crippen molar-refractivity contribution in [2.45, 2.75) is 59.5 Å². The van der Waals surface area contributed by atoms with Crippen LogP contribution in [0.2, 0.25) is 0 Å². The zero-order valence-electron chi connectivity index (χ0n) is 13.6. The van der Waals surface area contributed by atoms with E-state index in [0.29, 0.717) is 25.4 Å². The van der Waals surface area contributed by atoms with Crippen LogP contribution >= 0.6 is 0 Å². The first-order chi connectivity index (χ1) is 9.79. The van der Waals surface area contributed by atoms with E-state index in [0.717, 1.165) is 12.8 Å². The number of rotatable bonds is 3. The van der Waals surface area contributed by atoms with Crippen LogP contribution in [0, 0.1) is 22.7 Å². The molecule has 0 N–H and O–H groups in total. The van der Waals surface area contributed by atoms with Gasteiger partial charge in [0.2, 0.25) is 5.91 Å². The maximum atomic E-state index is 12.4. The Hall–Kier alpha value is -1.06. The zero-order chi connectivity index (χ0) is 15.4. The minimum atomic E-state index is -0.261. The lowest BCUT2D eigenvalue weighted by molar-refractivity contribution is -0.161. The number of ether oxygens (including phenoxy) is 1. The number of nitrogens with zero attached hydrogens (tertiary/aromatic N) is 1. The van der Waals surface area contributed by atoms with E-state index in [1.54, 1.807) is 4.90 Å². The van der Waals surface area contributed by atoms with Crippen LogP contribution < -0.4 is 0 Å². The van der Waals surface area contributed by atoms with Gasteiger partial charge in [-0.3, -0.25) is 9.59 Å². The molecule has 2 saturated carbocycles. The quantitative estimate of drug-likeness (QED) is 0.751. The molecule has 1 heterocycles. The maximum absolute atomic E-state index is 12.4. The molecule has 1 aliphatic heterocycles. The van der Waals surface area contributed by atoms with E-state index >= 15 is 0 Å². The van der Waals surface area contributed by atoms with Gasteiger partial charge in [0.1, 0.15) is 6.10 Å². The molecule has 0 radical (unpaired) electrons. The summed E-state index contributed by atoms with van der Waals surface area (Å²) >= 11 is 0. The van der Waals surface area contributed by atoms with Gasteiger partial charge in [-0.1, -0.05) is 20.8 Å². The van der Waals surface area contributed by atoms with Gasteiger partial charge in [0.05, 0.1) is 5.92 Å². The van der Waals surface area contributed by atoms with Crippen LogP contribution in [-0.4, -0.2) is 36.0 Å². The maximum Gasteiger partial charge on any atom is 0.311 e. The molecule has 4 unspecified atom stereocenters. The lowest BCUT2D eigenvalue weighted by atomic mass is 9.70. The van der Waals surface area contributed by atoms with Gasteiger partial charge < -0.3 is 9.64 Å². The third-order valence-electron chi connectivity index (χ3n) is 6.90. The van der Waals surface area contributed by atoms with Crippen LogP contribution in [0.15, 0.2) is 0 Å². The second-order valence-electron chi connectivity index (χ2n) is 7.87. The lowest BCUT2D eigenvalue weighted by Crippen LogP contribution is -2.39. The first kappa shape index (κ1) is 14.9. The average molecular weight is 293 g/mol. The number of hydrogen-bond acceptors (Lipinski definition) is 3. The summed E-state index contributed by atoms with van der Waals surface area (Å²) in [6, 6.07) is 0. The number of amides is 1. The predicted molar refractivity (Wildman–Crippen MR) is 79.5 cm³/mol. The Morgan fingerprint density at radius 1 is 1.38 bits per heavy atom. The van der Waals surface area contributed by atoms with Crippen LogP contribution in [0.25, 0.3) is 0 Å². The smallest absolute Gasteiger partial charge is 0.311 e. The summed E-state index contributed by atoms with van der Waals surface area (Å²) in [5, 5.41) is 0. The zero-order valence-corrected chi connectivity index (χ0v) is 13.6. The molecule has 3 rings (SSSR count). The van der Waals surface area contributed by atoms with Crippen molar-refractivity contribution in [2.75, 3.05) is 13.1 Å². The summed E-state index contributed by atoms with van der Waals surface area (Å²) in [7, 11) is 0. The van der Waals surface area contributed by atoms with Crippen molar-refractivity contribution in [3.05, 3.63) is 0 Å². The van der Waals surface area contributed by atoms with Crippen molar-refractivity contribution in [3.63, 3.8) is 0 Å². The molecule has 0 aromatic rings. The second kappa shape index (κ2) is 4.72. The highest BCUT2D eigenvalue weighted by Crippen LogP contribution is 2.66. The average Bonchev–Trinajstić information content (AvgIpc) is 2.96. The first-order valence-corrected chi connectivity index (χ1v) is 8.28. The molecule has 0 aromatic carbocycles. The third-order valence-corrected chi connectivity index (χ3v) is 6.90. The highest BCUT2D eigenvalue weighted by molar-refractivity contribution is 5.86. The molecular formula is C17H27NO3. The Kier molecular flexibility index (Phi) is 3.34. The van der Waals surface area contributed by atoms with Crippen molar-refractivity contribution in [2.24, 2.45) is 22.7 Å². The number of likely N-dealkylation sites (tertiary alicyclic amines) is 1. The lowest BCUT2D eigenvalue weighted by Gasteiger charge is -2.38. The molecule has 3 aliphatic rings. The molecule has 3 fully saturated rings. The number of hydrogen-bond donors (Lipinski definition) is 0. The third kappa shape index (κ3) is 2.01. The molecule has 118 valence electrons. The molecule has 1 amide bonds. The Bertz CT molecular complexity index is 473. The fourth-order valence-corrected chi connectivity index (χ4v) is 4.78. The fourth-order valence-electron chi connectivity index (χ4n) is 4.78. The molecule has 0 aromatic heterocycles. The Balaban J connectivity index is 1.66. The van der Waals surface area contributed by atoms with Gasteiger partial charge in [-0.05, 0) is 37.5 Å². The van der Waals surface area contributed by atoms with E-state index < -0.39 is 0 Å². The molecule has 21 heavy (non-hydrogen) atoms. The van der Waals surface area contributed by atoms with Crippen molar-refractivity contribution >= 4 is 11.9 Å². The van der Waals surface area contributed by atoms with Crippen LogP contribution in [0.3, 0.4) is 0 Å². The van der Waals surface area contributed by atoms with Gasteiger partial charge in [0.25, 0.3) is 0 Å². The van der Waals surface area contributed by atoms with Crippen molar-refractivity contribution in [1.29, 1.82) is 0 Å². The summed E-state index contributed by atoms with van der Waals surface area (Å²) in [6.45, 7) is 10.1. The van der Waals surface area contributed by atoms with E-state index in [4.69, 9.17) is 4.74 Å². The number of fused-ring (bicyclic) bond motifs is 2. The summed E-state index contributed by atoms with van der Waals surface area (Å²) in [5.41, 5.74) is 0.347. The van der Waals surface area contributed by atoms with Crippen molar-refractivity contribution in [1.82, 2.24) is 4.90 Å². The molecule has 0 spiro atoms. The molecule has 4 nitrogen and oxygen atoms in total. The minimum absolute atomic E-state index is 0.0320. The van der Waals surface area contributed by atoms with Crippen molar-refractivity contribution < 1.29 is 14.3 Å². The van der Waals surface area contributed by atoms with Gasteiger partial charge >= 0.3 is 5.97 Å². The van der Waals surface area contributed by atoms with E-state index in [1.165, 1.54) is 6.42 Å². The first-order valence-electron chi connectivity index (χ1n) is 8.28. The topological polar surface area (TPSA) is 46.6 Å². The van der Waals surface area contributed by atoms with E-state index in [2.05, 4.69) is 20.8 Å². The molecule has 4 atom stereocenters. The summed E-state index contributed by atoms with van der Waals surface area (Å²) in [5.74, 6) is 0.328. The van der Waals surface area contributed by atoms with Gasteiger partial charge in [-0.2, -0.15) is 0 Å². The Morgan fingerprint density at radius 2 is 2.10 bits per heavy atom. The van der Waals surface area contributed by atoms with Gasteiger partial charge in [0, 0.05) is 24.9 Å². The molecule has 4 heteroatoms. The van der Waals surface area contributed by atoms with E-state index in [9.17, 15) is 9.59 Å². The Morgan fingerprint density at radius 3 is 2.57 bits per heavy atom. The van der Waals surface area contributed by atoms with Crippen LogP contribution in [0.1, 0.15) is 53.4 Å². The van der Waals surface area contributed by atoms with Crippen LogP contribution in [-0.2, 0) is 14.3 Å². The second-order valence-corrected chi connectivity index (χ2v) is 7.87. The van der Waals surface area contributed by atoms with Gasteiger partial charge in [0.15, 0.2) is 0 Å². The van der Waals surface area contributed by atoms with Crippen molar-refractivity contribution in [3.8, 4) is 0 Å². The standard InChI is InChI=1S/C17H27NO3/c1-5-18-10-11(8-14(18)19)15(20)21-13-9-12-6-7-17(13,4)16(12,2)3/h11-13H,5-10H2,1-4H3. The van der Waals surface area contributed by atoms with Crippen LogP contribution in [0.4, 0.5) is 0 Å². The molecule has 2 aliphatic carbocycles. The highest BCUT2D eigenvalue weighted by atomic mass is 16.5. The normalized spacial score (nSPS) is 40.9. The predicted octanol–water partition coefficient (Wildman–Crippen LogP) is 2.61. The Labute approximate surface area is 127 Å². The molecular weight excluding hydrogens is 266 g/mol. The molecule has 2 bridgehead atoms. The largest absolute Gasteiger partial charge is 0.461 e. The SMILES string of the molecule is CCN1CC(C(=O)OC2CC3CCC2(C)C3(C)C)CC1=O. The highest BCUT2D eigenvalue weighted by Gasteiger charge is 2.63.